The topological polar surface area (TPSA) is 0 Å². The molecule has 0 amide bonds. The zero-order valence-electron chi connectivity index (χ0n) is 10.00. The quantitative estimate of drug-likeness (QED) is 0.630. The van der Waals surface area contributed by atoms with E-state index >= 15 is 0 Å². The molecule has 0 nitrogen and oxygen atoms in total. The van der Waals surface area contributed by atoms with Gasteiger partial charge in [-0.3, -0.25) is 0 Å². The van der Waals surface area contributed by atoms with Crippen LogP contribution < -0.4 is 0 Å². The Bertz CT molecular complexity index is 588. The number of fused-ring (bicyclic) bond motifs is 1. The fraction of sp³-hybridized carbons (Fsp3) is 0.125. The molecular weight excluding hydrogens is 230 g/mol. The van der Waals surface area contributed by atoms with Gasteiger partial charge in [0.1, 0.15) is 0 Å². The summed E-state index contributed by atoms with van der Waals surface area (Å²) in [5.74, 6) is 0. The molecule has 0 fully saturated rings. The van der Waals surface area contributed by atoms with Crippen LogP contribution in [0.5, 0.6) is 0 Å². The van der Waals surface area contributed by atoms with Gasteiger partial charge in [0.05, 0.1) is 0 Å². The molecule has 0 spiro atoms. The lowest BCUT2D eigenvalue weighted by Gasteiger charge is -2.09. The first-order valence-electron chi connectivity index (χ1n) is 5.87. The summed E-state index contributed by atoms with van der Waals surface area (Å²) in [6, 6.07) is 13.1. The van der Waals surface area contributed by atoms with Gasteiger partial charge >= 0.3 is 0 Å². The molecule has 2 heteroatoms. The molecule has 0 bridgehead atoms. The highest BCUT2D eigenvalue weighted by atomic mass is 19.3. The third kappa shape index (κ3) is 2.48. The summed E-state index contributed by atoms with van der Waals surface area (Å²) in [5, 5.41) is 1.85. The Balaban J connectivity index is 2.58. The molecule has 0 aromatic heterocycles. The normalized spacial score (nSPS) is 10.3. The Hall–Kier alpha value is -1.96. The summed E-state index contributed by atoms with van der Waals surface area (Å²) in [7, 11) is 0. The molecule has 0 heterocycles. The highest BCUT2D eigenvalue weighted by Crippen LogP contribution is 2.31. The first-order valence-corrected chi connectivity index (χ1v) is 5.87. The monoisotopic (exact) mass is 244 g/mol. The van der Waals surface area contributed by atoms with Crippen LogP contribution in [0, 0.1) is 0 Å². The van der Waals surface area contributed by atoms with Crippen molar-refractivity contribution in [2.75, 3.05) is 0 Å². The van der Waals surface area contributed by atoms with Crippen LogP contribution in [-0.4, -0.2) is 0 Å². The molecule has 0 atom stereocenters. The molecule has 18 heavy (non-hydrogen) atoms. The van der Waals surface area contributed by atoms with Gasteiger partial charge in [-0.2, -0.15) is 8.78 Å². The van der Waals surface area contributed by atoms with Crippen molar-refractivity contribution >= 4 is 16.3 Å². The lowest BCUT2D eigenvalue weighted by Crippen LogP contribution is -1.88. The van der Waals surface area contributed by atoms with E-state index in [1.54, 1.807) is 12.1 Å². The van der Waals surface area contributed by atoms with Crippen LogP contribution in [0.25, 0.3) is 16.3 Å². The molecule has 0 saturated carbocycles. The van der Waals surface area contributed by atoms with Gasteiger partial charge in [-0.05, 0) is 29.2 Å². The highest BCUT2D eigenvalue weighted by Gasteiger charge is 2.11. The molecule has 0 unspecified atom stereocenters. The lowest BCUT2D eigenvalue weighted by molar-refractivity contribution is 0.423. The molecule has 0 saturated heterocycles. The van der Waals surface area contributed by atoms with Gasteiger partial charge in [0, 0.05) is 5.57 Å². The lowest BCUT2D eigenvalue weighted by atomic mass is 9.96. The van der Waals surface area contributed by atoms with Gasteiger partial charge in [-0.15, -0.1) is 6.58 Å². The van der Waals surface area contributed by atoms with Crippen molar-refractivity contribution in [1.29, 1.82) is 0 Å². The summed E-state index contributed by atoms with van der Waals surface area (Å²) in [4.78, 5) is 0. The van der Waals surface area contributed by atoms with Crippen LogP contribution in [-0.2, 0) is 0 Å². The predicted molar refractivity (Wildman–Crippen MR) is 72.5 cm³/mol. The van der Waals surface area contributed by atoms with Gasteiger partial charge < -0.3 is 0 Å². The second-order valence-corrected chi connectivity index (χ2v) is 4.09. The molecule has 0 N–H and O–H groups in total. The van der Waals surface area contributed by atoms with E-state index < -0.39 is 6.08 Å². The van der Waals surface area contributed by atoms with Gasteiger partial charge in [0.15, 0.2) is 0 Å². The molecule has 2 rings (SSSR count). The fourth-order valence-corrected chi connectivity index (χ4v) is 2.07. The predicted octanol–water partition coefficient (Wildman–Crippen LogP) is 5.41. The van der Waals surface area contributed by atoms with E-state index in [2.05, 4.69) is 6.58 Å². The zero-order valence-corrected chi connectivity index (χ0v) is 10.00. The largest absolute Gasteiger partial charge is 0.274 e. The molecule has 0 aliphatic rings. The summed E-state index contributed by atoms with van der Waals surface area (Å²) < 4.78 is 26.2. The van der Waals surface area contributed by atoms with Crippen LogP contribution in [0.1, 0.15) is 18.4 Å². The van der Waals surface area contributed by atoms with E-state index in [0.717, 1.165) is 10.8 Å². The van der Waals surface area contributed by atoms with Crippen LogP contribution in [0.2, 0.25) is 0 Å². The molecule has 2 aromatic carbocycles. The Kier molecular flexibility index (Phi) is 3.88. The number of allylic oxidation sites excluding steroid dienone is 2. The minimum atomic E-state index is -1.60. The average Bonchev–Trinajstić information content (AvgIpc) is 2.39. The summed E-state index contributed by atoms with van der Waals surface area (Å²) in [6.45, 7) is 3.58. The van der Waals surface area contributed by atoms with Crippen molar-refractivity contribution < 1.29 is 8.78 Å². The third-order valence-corrected chi connectivity index (χ3v) is 2.94. The summed E-state index contributed by atoms with van der Waals surface area (Å²) >= 11 is 0. The Labute approximate surface area is 105 Å². The molecule has 2 aromatic rings. The average molecular weight is 244 g/mol. The number of hydrogen-bond donors (Lipinski definition) is 0. The smallest absolute Gasteiger partial charge is 0.173 e. The maximum absolute atomic E-state index is 13.1. The maximum atomic E-state index is 13.1. The van der Waals surface area contributed by atoms with Crippen molar-refractivity contribution in [3.8, 4) is 0 Å². The highest BCUT2D eigenvalue weighted by molar-refractivity contribution is 5.94. The second kappa shape index (κ2) is 5.58. The van der Waals surface area contributed by atoms with E-state index in [0.29, 0.717) is 18.4 Å². The van der Waals surface area contributed by atoms with Gasteiger partial charge in [0.25, 0.3) is 6.08 Å². The fourth-order valence-electron chi connectivity index (χ4n) is 2.07. The summed E-state index contributed by atoms with van der Waals surface area (Å²) in [6.07, 6.45) is 0.928. The number of benzene rings is 2. The Morgan fingerprint density at radius 1 is 1.06 bits per heavy atom. The summed E-state index contributed by atoms with van der Waals surface area (Å²) in [5.41, 5.74) is 0.738. The van der Waals surface area contributed by atoms with Crippen molar-refractivity contribution in [1.82, 2.24) is 0 Å². The first-order chi connectivity index (χ1) is 8.74. The minimum absolute atomic E-state index is 0.117. The van der Waals surface area contributed by atoms with Crippen LogP contribution in [0.4, 0.5) is 8.78 Å². The van der Waals surface area contributed by atoms with E-state index in [1.165, 1.54) is 0 Å². The van der Waals surface area contributed by atoms with Crippen LogP contribution in [0.15, 0.2) is 61.2 Å². The third-order valence-electron chi connectivity index (χ3n) is 2.94. The van der Waals surface area contributed by atoms with Crippen molar-refractivity contribution in [2.24, 2.45) is 0 Å². The number of rotatable bonds is 4. The van der Waals surface area contributed by atoms with Crippen molar-refractivity contribution in [3.63, 3.8) is 0 Å². The van der Waals surface area contributed by atoms with E-state index in [4.69, 9.17) is 0 Å². The zero-order chi connectivity index (χ0) is 13.0. The number of hydrogen-bond acceptors (Lipinski definition) is 0. The molecule has 0 aliphatic heterocycles. The maximum Gasteiger partial charge on any atom is 0.274 e. The molecular formula is C16H14F2. The second-order valence-electron chi connectivity index (χ2n) is 4.09. The van der Waals surface area contributed by atoms with Crippen molar-refractivity contribution in [2.45, 2.75) is 12.8 Å². The van der Waals surface area contributed by atoms with Crippen LogP contribution >= 0.6 is 0 Å². The van der Waals surface area contributed by atoms with Crippen molar-refractivity contribution in [3.05, 3.63) is 66.8 Å². The van der Waals surface area contributed by atoms with Gasteiger partial charge in [-0.25, -0.2) is 0 Å². The Morgan fingerprint density at radius 2 is 1.78 bits per heavy atom. The molecule has 92 valence electrons. The molecule has 0 aliphatic carbocycles. The van der Waals surface area contributed by atoms with Gasteiger partial charge in [-0.1, -0.05) is 48.5 Å². The first kappa shape index (κ1) is 12.5. The standard InChI is InChI=1S/C16H14F2/c1-2-3-9-15(16(17)18)14-11-6-8-12-7-4-5-10-13(12)14/h2,4-8,10-11H,1,3,9H2. The number of halogens is 2. The van der Waals surface area contributed by atoms with Crippen LogP contribution in [0.3, 0.4) is 0 Å². The Morgan fingerprint density at radius 3 is 2.50 bits per heavy atom. The van der Waals surface area contributed by atoms with E-state index in [1.807, 2.05) is 36.4 Å². The van der Waals surface area contributed by atoms with E-state index in [9.17, 15) is 8.78 Å². The van der Waals surface area contributed by atoms with E-state index in [-0.39, 0.29) is 5.57 Å². The SMILES string of the molecule is C=CCCC(=C(F)F)c1cccc2ccccc12. The minimum Gasteiger partial charge on any atom is -0.173 e. The van der Waals surface area contributed by atoms with Gasteiger partial charge in [0.2, 0.25) is 0 Å². The molecule has 0 radical (unpaired) electrons.